The molecule has 0 atom stereocenters. The van der Waals surface area contributed by atoms with Gasteiger partial charge in [0.2, 0.25) is 0 Å². The Balaban J connectivity index is 1.46. The van der Waals surface area contributed by atoms with Crippen LogP contribution in [0.1, 0.15) is 62.0 Å². The van der Waals surface area contributed by atoms with Crippen LogP contribution in [0.25, 0.3) is 0 Å². The van der Waals surface area contributed by atoms with Gasteiger partial charge in [0.15, 0.2) is 0 Å². The average Bonchev–Trinajstić information content (AvgIpc) is 2.36. The number of rotatable bonds is 3. The van der Waals surface area contributed by atoms with E-state index >= 15 is 0 Å². The molecule has 18 heavy (non-hydrogen) atoms. The van der Waals surface area contributed by atoms with E-state index in [0.717, 1.165) is 18.0 Å². The highest BCUT2D eigenvalue weighted by Crippen LogP contribution is 2.37. The minimum absolute atomic E-state index is 0.791. The first-order valence-corrected chi connectivity index (χ1v) is 7.64. The van der Waals surface area contributed by atoms with Crippen molar-refractivity contribution in [3.8, 4) is 0 Å². The van der Waals surface area contributed by atoms with Crippen LogP contribution in [0.3, 0.4) is 0 Å². The van der Waals surface area contributed by atoms with Gasteiger partial charge in [0.05, 0.1) is 0 Å². The fourth-order valence-corrected chi connectivity index (χ4v) is 3.47. The Bertz CT molecular complexity index is 369. The molecule has 1 N–H and O–H groups in total. The first-order valence-electron chi connectivity index (χ1n) is 7.64. The van der Waals surface area contributed by atoms with Crippen molar-refractivity contribution < 1.29 is 0 Å². The zero-order valence-corrected chi connectivity index (χ0v) is 11.5. The molecule has 2 aliphatic carbocycles. The predicted octanol–water partition coefficient (Wildman–Crippen LogP) is 4.16. The summed E-state index contributed by atoms with van der Waals surface area (Å²) in [6.45, 7) is 2.16. The molecule has 2 saturated carbocycles. The van der Waals surface area contributed by atoms with Gasteiger partial charge in [-0.05, 0) is 44.1 Å². The monoisotopic (exact) mass is 243 g/mol. The van der Waals surface area contributed by atoms with Crippen molar-refractivity contribution in [3.05, 3.63) is 35.4 Å². The van der Waals surface area contributed by atoms with Crippen LogP contribution < -0.4 is 5.32 Å². The van der Waals surface area contributed by atoms with Crippen LogP contribution in [0.15, 0.2) is 24.3 Å². The Hall–Kier alpha value is -0.820. The fraction of sp³-hybridized carbons (Fsp3) is 0.647. The van der Waals surface area contributed by atoms with E-state index < -0.39 is 0 Å². The SMILES string of the molecule is Cc1ccc(C2CC(NC3CCCCC3)C2)cc1. The molecule has 0 aromatic heterocycles. The average molecular weight is 243 g/mol. The Labute approximate surface area is 111 Å². The van der Waals surface area contributed by atoms with E-state index in [1.807, 2.05) is 0 Å². The summed E-state index contributed by atoms with van der Waals surface area (Å²) in [5.41, 5.74) is 2.91. The van der Waals surface area contributed by atoms with Gasteiger partial charge < -0.3 is 5.32 Å². The lowest BCUT2D eigenvalue weighted by Crippen LogP contribution is -2.46. The maximum Gasteiger partial charge on any atom is 0.00813 e. The second-order valence-electron chi connectivity index (χ2n) is 6.28. The van der Waals surface area contributed by atoms with Crippen molar-refractivity contribution in [2.75, 3.05) is 0 Å². The third-order valence-corrected chi connectivity index (χ3v) is 4.76. The lowest BCUT2D eigenvalue weighted by atomic mass is 9.75. The topological polar surface area (TPSA) is 12.0 Å². The number of nitrogens with one attached hydrogen (secondary N) is 1. The van der Waals surface area contributed by atoms with E-state index in [-0.39, 0.29) is 0 Å². The van der Waals surface area contributed by atoms with Gasteiger partial charge in [0.25, 0.3) is 0 Å². The molecule has 2 fully saturated rings. The van der Waals surface area contributed by atoms with Crippen molar-refractivity contribution in [3.63, 3.8) is 0 Å². The van der Waals surface area contributed by atoms with Crippen molar-refractivity contribution in [1.82, 2.24) is 5.32 Å². The van der Waals surface area contributed by atoms with Crippen LogP contribution in [0.4, 0.5) is 0 Å². The molecule has 2 aliphatic rings. The van der Waals surface area contributed by atoms with Gasteiger partial charge in [-0.15, -0.1) is 0 Å². The van der Waals surface area contributed by atoms with Crippen molar-refractivity contribution in [2.24, 2.45) is 0 Å². The summed E-state index contributed by atoms with van der Waals surface area (Å²) in [6.07, 6.45) is 9.84. The first kappa shape index (κ1) is 12.2. The largest absolute Gasteiger partial charge is 0.311 e. The van der Waals surface area contributed by atoms with Gasteiger partial charge in [0.1, 0.15) is 0 Å². The van der Waals surface area contributed by atoms with Gasteiger partial charge in [-0.2, -0.15) is 0 Å². The molecule has 3 rings (SSSR count). The maximum atomic E-state index is 3.87. The molecule has 0 spiro atoms. The van der Waals surface area contributed by atoms with E-state index in [2.05, 4.69) is 36.5 Å². The van der Waals surface area contributed by atoms with Gasteiger partial charge >= 0.3 is 0 Å². The highest BCUT2D eigenvalue weighted by atomic mass is 15.0. The van der Waals surface area contributed by atoms with E-state index in [1.165, 1.54) is 50.5 Å². The highest BCUT2D eigenvalue weighted by Gasteiger charge is 2.31. The number of hydrogen-bond acceptors (Lipinski definition) is 1. The van der Waals surface area contributed by atoms with Crippen LogP contribution in [0.2, 0.25) is 0 Å². The molecule has 0 bridgehead atoms. The van der Waals surface area contributed by atoms with Gasteiger partial charge in [0, 0.05) is 12.1 Å². The minimum atomic E-state index is 0.791. The van der Waals surface area contributed by atoms with Crippen molar-refractivity contribution in [1.29, 1.82) is 0 Å². The molecule has 98 valence electrons. The zero-order chi connectivity index (χ0) is 12.4. The van der Waals surface area contributed by atoms with E-state index in [4.69, 9.17) is 0 Å². The molecule has 0 heterocycles. The van der Waals surface area contributed by atoms with Crippen LogP contribution in [-0.4, -0.2) is 12.1 Å². The fourth-order valence-electron chi connectivity index (χ4n) is 3.47. The summed E-state index contributed by atoms with van der Waals surface area (Å²) in [5.74, 6) is 0.812. The summed E-state index contributed by atoms with van der Waals surface area (Å²) in [5, 5.41) is 3.87. The molecule has 1 heteroatoms. The first-order chi connectivity index (χ1) is 8.81. The molecule has 1 nitrogen and oxygen atoms in total. The number of hydrogen-bond donors (Lipinski definition) is 1. The highest BCUT2D eigenvalue weighted by molar-refractivity contribution is 5.26. The van der Waals surface area contributed by atoms with Gasteiger partial charge in [-0.1, -0.05) is 49.1 Å². The van der Waals surface area contributed by atoms with E-state index in [9.17, 15) is 0 Å². The Morgan fingerprint density at radius 1 is 0.889 bits per heavy atom. The minimum Gasteiger partial charge on any atom is -0.311 e. The molecule has 0 radical (unpaired) electrons. The molecular formula is C17H25N. The Kier molecular flexibility index (Phi) is 3.69. The second-order valence-corrected chi connectivity index (χ2v) is 6.28. The standard InChI is InChI=1S/C17H25N/c1-13-7-9-14(10-8-13)15-11-17(12-15)18-16-5-3-2-4-6-16/h7-10,15-18H,2-6,11-12H2,1H3. The van der Waals surface area contributed by atoms with E-state index in [1.54, 1.807) is 5.56 Å². The molecule has 1 aromatic rings. The second kappa shape index (κ2) is 5.44. The molecule has 1 aromatic carbocycles. The smallest absolute Gasteiger partial charge is 0.00813 e. The van der Waals surface area contributed by atoms with Gasteiger partial charge in [-0.3, -0.25) is 0 Å². The van der Waals surface area contributed by atoms with Crippen LogP contribution in [0.5, 0.6) is 0 Å². The molecular weight excluding hydrogens is 218 g/mol. The third-order valence-electron chi connectivity index (χ3n) is 4.76. The summed E-state index contributed by atoms with van der Waals surface area (Å²) >= 11 is 0. The van der Waals surface area contributed by atoms with Crippen LogP contribution in [-0.2, 0) is 0 Å². The Morgan fingerprint density at radius 2 is 1.56 bits per heavy atom. The predicted molar refractivity (Wildman–Crippen MR) is 77.0 cm³/mol. The lowest BCUT2D eigenvalue weighted by molar-refractivity contribution is 0.238. The molecule has 0 saturated heterocycles. The van der Waals surface area contributed by atoms with Crippen LogP contribution >= 0.6 is 0 Å². The zero-order valence-electron chi connectivity index (χ0n) is 11.5. The summed E-state index contributed by atoms with van der Waals surface area (Å²) in [6, 6.07) is 10.7. The summed E-state index contributed by atoms with van der Waals surface area (Å²) in [4.78, 5) is 0. The molecule has 0 unspecified atom stereocenters. The molecule has 0 aliphatic heterocycles. The number of aryl methyl sites for hydroxylation is 1. The van der Waals surface area contributed by atoms with E-state index in [0.29, 0.717) is 0 Å². The summed E-state index contributed by atoms with van der Waals surface area (Å²) < 4.78 is 0. The summed E-state index contributed by atoms with van der Waals surface area (Å²) in [7, 11) is 0. The number of benzene rings is 1. The van der Waals surface area contributed by atoms with Crippen LogP contribution in [0, 0.1) is 6.92 Å². The lowest BCUT2D eigenvalue weighted by Gasteiger charge is -2.39. The van der Waals surface area contributed by atoms with Crippen molar-refractivity contribution in [2.45, 2.75) is 69.9 Å². The Morgan fingerprint density at radius 3 is 2.22 bits per heavy atom. The quantitative estimate of drug-likeness (QED) is 0.840. The molecule has 0 amide bonds. The third kappa shape index (κ3) is 2.77. The van der Waals surface area contributed by atoms with Gasteiger partial charge in [-0.25, -0.2) is 0 Å². The van der Waals surface area contributed by atoms with Crippen molar-refractivity contribution >= 4 is 0 Å². The normalized spacial score (nSPS) is 28.9. The maximum absolute atomic E-state index is 3.87.